The Morgan fingerprint density at radius 1 is 1.39 bits per heavy atom. The zero-order valence-corrected chi connectivity index (χ0v) is 12.0. The molecule has 0 aliphatic rings. The third kappa shape index (κ3) is 3.22. The average Bonchev–Trinajstić information content (AvgIpc) is 2.31. The number of rotatable bonds is 5. The molecule has 102 valence electrons. The van der Waals surface area contributed by atoms with Crippen LogP contribution in [0.1, 0.15) is 18.1 Å². The van der Waals surface area contributed by atoms with E-state index in [0.717, 1.165) is 5.56 Å². The highest BCUT2D eigenvalue weighted by Gasteiger charge is 2.21. The first-order valence-electron chi connectivity index (χ1n) is 5.67. The minimum absolute atomic E-state index is 0.158. The number of methoxy groups -OCH3 is 1. The van der Waals surface area contributed by atoms with Gasteiger partial charge in [0.15, 0.2) is 0 Å². The maximum atomic E-state index is 12.2. The molecule has 0 amide bonds. The molecule has 0 saturated carbocycles. The van der Waals surface area contributed by atoms with Gasteiger partial charge in [-0.3, -0.25) is 0 Å². The molecule has 1 rings (SSSR count). The van der Waals surface area contributed by atoms with Crippen LogP contribution in [0.25, 0.3) is 0 Å². The van der Waals surface area contributed by atoms with E-state index in [1.165, 1.54) is 7.11 Å². The lowest BCUT2D eigenvalue weighted by atomic mass is 10.1. The highest BCUT2D eigenvalue weighted by Crippen LogP contribution is 2.24. The Morgan fingerprint density at radius 2 is 2.00 bits per heavy atom. The van der Waals surface area contributed by atoms with Crippen molar-refractivity contribution in [2.24, 2.45) is 0 Å². The standard InChI is InChI=1S/C12H20N2O3S/c1-8-5-6-11(13)12(10(8)3)18(15,16)14-7-9(2)17-4/h5-6,9,14H,7,13H2,1-4H3. The number of nitrogens with one attached hydrogen (secondary N) is 1. The van der Waals surface area contributed by atoms with Gasteiger partial charge in [-0.15, -0.1) is 0 Å². The van der Waals surface area contributed by atoms with Crippen molar-refractivity contribution in [2.45, 2.75) is 31.8 Å². The van der Waals surface area contributed by atoms with Gasteiger partial charge in [0, 0.05) is 13.7 Å². The van der Waals surface area contributed by atoms with Crippen molar-refractivity contribution in [3.63, 3.8) is 0 Å². The second-order valence-electron chi connectivity index (χ2n) is 4.32. The molecule has 0 saturated heterocycles. The van der Waals surface area contributed by atoms with Gasteiger partial charge >= 0.3 is 0 Å². The van der Waals surface area contributed by atoms with E-state index in [1.807, 2.05) is 13.0 Å². The van der Waals surface area contributed by atoms with Crippen LogP contribution in [0.3, 0.4) is 0 Å². The predicted octanol–water partition coefficient (Wildman–Crippen LogP) is 1.20. The Balaban J connectivity index is 3.09. The second-order valence-corrected chi connectivity index (χ2v) is 6.03. The van der Waals surface area contributed by atoms with E-state index in [-0.39, 0.29) is 23.2 Å². The second kappa shape index (κ2) is 5.69. The van der Waals surface area contributed by atoms with Crippen molar-refractivity contribution in [1.29, 1.82) is 0 Å². The summed E-state index contributed by atoms with van der Waals surface area (Å²) in [5.74, 6) is 0. The van der Waals surface area contributed by atoms with Gasteiger partial charge in [-0.1, -0.05) is 6.07 Å². The third-order valence-electron chi connectivity index (χ3n) is 2.94. The predicted molar refractivity (Wildman–Crippen MR) is 72.0 cm³/mol. The monoisotopic (exact) mass is 272 g/mol. The highest BCUT2D eigenvalue weighted by molar-refractivity contribution is 7.89. The van der Waals surface area contributed by atoms with Gasteiger partial charge in [-0.25, -0.2) is 13.1 Å². The van der Waals surface area contributed by atoms with Crippen molar-refractivity contribution >= 4 is 15.7 Å². The van der Waals surface area contributed by atoms with E-state index < -0.39 is 10.0 Å². The number of benzene rings is 1. The molecule has 0 aliphatic heterocycles. The van der Waals surface area contributed by atoms with Gasteiger partial charge in [0.2, 0.25) is 10.0 Å². The molecule has 6 heteroatoms. The number of hydrogen-bond donors (Lipinski definition) is 2. The number of nitrogen functional groups attached to an aromatic ring is 1. The smallest absolute Gasteiger partial charge is 0.242 e. The minimum atomic E-state index is -3.60. The summed E-state index contributed by atoms with van der Waals surface area (Å²) in [6.07, 6.45) is -0.189. The molecule has 1 unspecified atom stereocenters. The molecule has 1 aromatic carbocycles. The summed E-state index contributed by atoms with van der Waals surface area (Å²) in [7, 11) is -2.07. The van der Waals surface area contributed by atoms with Crippen LogP contribution in [-0.2, 0) is 14.8 Å². The summed E-state index contributed by atoms with van der Waals surface area (Å²) < 4.78 is 31.9. The zero-order chi connectivity index (χ0) is 13.9. The summed E-state index contributed by atoms with van der Waals surface area (Å²) in [5.41, 5.74) is 7.59. The van der Waals surface area contributed by atoms with Gasteiger partial charge < -0.3 is 10.5 Å². The van der Waals surface area contributed by atoms with Crippen LogP contribution >= 0.6 is 0 Å². The molecule has 0 radical (unpaired) electrons. The van der Waals surface area contributed by atoms with Crippen molar-refractivity contribution in [3.05, 3.63) is 23.3 Å². The van der Waals surface area contributed by atoms with Crippen LogP contribution < -0.4 is 10.5 Å². The Labute approximate surface area is 108 Å². The lowest BCUT2D eigenvalue weighted by Gasteiger charge is -2.15. The van der Waals surface area contributed by atoms with E-state index in [0.29, 0.717) is 5.56 Å². The molecule has 1 aromatic rings. The normalized spacial score (nSPS) is 13.6. The Morgan fingerprint density at radius 3 is 2.56 bits per heavy atom. The third-order valence-corrected chi connectivity index (χ3v) is 4.57. The highest BCUT2D eigenvalue weighted by atomic mass is 32.2. The molecular weight excluding hydrogens is 252 g/mol. The summed E-state index contributed by atoms with van der Waals surface area (Å²) >= 11 is 0. The topological polar surface area (TPSA) is 81.4 Å². The van der Waals surface area contributed by atoms with Gasteiger partial charge in [-0.05, 0) is 38.0 Å². The average molecular weight is 272 g/mol. The maximum Gasteiger partial charge on any atom is 0.242 e. The van der Waals surface area contributed by atoms with Gasteiger partial charge in [0.05, 0.1) is 11.8 Å². The lowest BCUT2D eigenvalue weighted by molar-refractivity contribution is 0.122. The summed E-state index contributed by atoms with van der Waals surface area (Å²) in [5, 5.41) is 0. The number of ether oxygens (including phenoxy) is 1. The molecule has 3 N–H and O–H groups in total. The van der Waals surface area contributed by atoms with Gasteiger partial charge in [0.1, 0.15) is 4.90 Å². The van der Waals surface area contributed by atoms with Crippen LogP contribution in [0.4, 0.5) is 5.69 Å². The lowest BCUT2D eigenvalue weighted by Crippen LogP contribution is -2.32. The van der Waals surface area contributed by atoms with E-state index in [2.05, 4.69) is 4.72 Å². The van der Waals surface area contributed by atoms with Crippen LogP contribution in [0.15, 0.2) is 17.0 Å². The quantitative estimate of drug-likeness (QED) is 0.789. The fourth-order valence-electron chi connectivity index (χ4n) is 1.55. The molecule has 0 spiro atoms. The fraction of sp³-hybridized carbons (Fsp3) is 0.500. The van der Waals surface area contributed by atoms with E-state index in [9.17, 15) is 8.42 Å². The van der Waals surface area contributed by atoms with E-state index in [4.69, 9.17) is 10.5 Å². The van der Waals surface area contributed by atoms with Crippen LogP contribution in [-0.4, -0.2) is 28.2 Å². The Kier molecular flexibility index (Phi) is 4.72. The van der Waals surface area contributed by atoms with E-state index in [1.54, 1.807) is 19.9 Å². The molecule has 0 aliphatic carbocycles. The molecule has 5 nitrogen and oxygen atoms in total. The molecule has 0 aromatic heterocycles. The SMILES string of the molecule is COC(C)CNS(=O)(=O)c1c(N)ccc(C)c1C. The summed E-state index contributed by atoms with van der Waals surface area (Å²) in [4.78, 5) is 0.158. The minimum Gasteiger partial charge on any atom is -0.398 e. The van der Waals surface area contributed by atoms with Gasteiger partial charge in [0.25, 0.3) is 0 Å². The Bertz CT molecular complexity index is 526. The number of nitrogens with two attached hydrogens (primary N) is 1. The van der Waals surface area contributed by atoms with Crippen molar-refractivity contribution in [3.8, 4) is 0 Å². The van der Waals surface area contributed by atoms with Crippen LogP contribution in [0.5, 0.6) is 0 Å². The first kappa shape index (κ1) is 14.9. The molecule has 0 fully saturated rings. The van der Waals surface area contributed by atoms with Crippen molar-refractivity contribution in [2.75, 3.05) is 19.4 Å². The number of hydrogen-bond acceptors (Lipinski definition) is 4. The van der Waals surface area contributed by atoms with Gasteiger partial charge in [-0.2, -0.15) is 0 Å². The Hall–Kier alpha value is -1.11. The van der Waals surface area contributed by atoms with Crippen molar-refractivity contribution in [1.82, 2.24) is 4.72 Å². The maximum absolute atomic E-state index is 12.2. The molecule has 0 heterocycles. The zero-order valence-electron chi connectivity index (χ0n) is 11.1. The largest absolute Gasteiger partial charge is 0.398 e. The number of aryl methyl sites for hydroxylation is 1. The molecular formula is C12H20N2O3S. The van der Waals surface area contributed by atoms with Crippen molar-refractivity contribution < 1.29 is 13.2 Å². The number of anilines is 1. The molecule has 18 heavy (non-hydrogen) atoms. The van der Waals surface area contributed by atoms with Crippen LogP contribution in [0, 0.1) is 13.8 Å². The first-order chi connectivity index (χ1) is 8.29. The van der Waals surface area contributed by atoms with E-state index >= 15 is 0 Å². The molecule has 0 bridgehead atoms. The summed E-state index contributed by atoms with van der Waals surface area (Å²) in [6.45, 7) is 5.60. The van der Waals surface area contributed by atoms with Crippen LogP contribution in [0.2, 0.25) is 0 Å². The molecule has 1 atom stereocenters. The number of sulfonamides is 1. The summed E-state index contributed by atoms with van der Waals surface area (Å²) in [6, 6.07) is 3.41. The first-order valence-corrected chi connectivity index (χ1v) is 7.16. The fourth-order valence-corrected chi connectivity index (χ4v) is 3.09.